The van der Waals surface area contributed by atoms with Crippen molar-refractivity contribution in [3.8, 4) is 0 Å². The number of aliphatic hydroxyl groups excluding tert-OH is 1. The number of ether oxygens (including phenoxy) is 4. The Labute approximate surface area is 633 Å². The molecule has 0 aromatic heterocycles. The van der Waals surface area contributed by atoms with E-state index in [0.717, 1.165) is 199 Å². The first kappa shape index (κ1) is 100.0. The molecule has 0 aliphatic heterocycles. The Kier molecular flexibility index (Phi) is 74.2. The molecule has 0 heterocycles. The highest BCUT2D eigenvalue weighted by atomic mass is 31.2. The van der Waals surface area contributed by atoms with Crippen LogP contribution in [0.5, 0.6) is 0 Å². The molecule has 5 unspecified atom stereocenters. The molecule has 0 saturated carbocycles. The Balaban J connectivity index is 5.35. The molecule has 0 radical (unpaired) electrons. The summed E-state index contributed by atoms with van der Waals surface area (Å²) in [7, 11) is -9.96. The summed E-state index contributed by atoms with van der Waals surface area (Å²) in [6.07, 6.45) is 82.3. The molecule has 17 nitrogen and oxygen atoms in total. The van der Waals surface area contributed by atoms with E-state index in [2.05, 4.69) is 125 Å². The van der Waals surface area contributed by atoms with Crippen molar-refractivity contribution in [2.45, 2.75) is 380 Å². The van der Waals surface area contributed by atoms with Gasteiger partial charge in [-0.1, -0.05) is 285 Å². The number of allylic oxidation sites excluding steroid dienone is 16. The lowest BCUT2D eigenvalue weighted by Crippen LogP contribution is -2.30. The minimum atomic E-state index is -4.98. The van der Waals surface area contributed by atoms with Crippen LogP contribution in [-0.2, 0) is 65.4 Å². The van der Waals surface area contributed by atoms with Gasteiger partial charge in [0, 0.05) is 25.7 Å². The Morgan fingerprint density at radius 1 is 0.279 bits per heavy atom. The number of unbranched alkanes of at least 4 members (excludes halogenated alkanes) is 36. The Hall–Kier alpha value is -4.02. The van der Waals surface area contributed by atoms with E-state index in [1.807, 2.05) is 0 Å². The fourth-order valence-electron chi connectivity index (χ4n) is 11.2. The molecule has 0 aliphatic carbocycles. The molecule has 19 heteroatoms. The second kappa shape index (κ2) is 77.1. The predicted octanol–water partition coefficient (Wildman–Crippen LogP) is 24.3. The van der Waals surface area contributed by atoms with E-state index in [1.54, 1.807) is 0 Å². The van der Waals surface area contributed by atoms with Gasteiger partial charge in [0.2, 0.25) is 0 Å². The molecular weight excluding hydrogens is 1350 g/mol. The van der Waals surface area contributed by atoms with Crippen LogP contribution < -0.4 is 0 Å². The van der Waals surface area contributed by atoms with E-state index < -0.39 is 97.5 Å². The lowest BCUT2D eigenvalue weighted by Gasteiger charge is -2.21. The van der Waals surface area contributed by atoms with Gasteiger partial charge in [-0.05, 0) is 148 Å². The number of carbonyl (C=O) groups is 4. The summed E-state index contributed by atoms with van der Waals surface area (Å²) in [5, 5.41) is 10.7. The lowest BCUT2D eigenvalue weighted by atomic mass is 10.1. The van der Waals surface area contributed by atoms with Crippen molar-refractivity contribution in [1.82, 2.24) is 0 Å². The third-order valence-electron chi connectivity index (χ3n) is 17.5. The maximum atomic E-state index is 13.1. The number of rotatable bonds is 78. The fraction of sp³-hybridized carbons (Fsp3) is 0.765. The Morgan fingerprint density at radius 2 is 0.500 bits per heavy atom. The third-order valence-corrected chi connectivity index (χ3v) is 19.4. The van der Waals surface area contributed by atoms with Gasteiger partial charge in [0.15, 0.2) is 12.2 Å². The molecule has 0 aliphatic rings. The molecule has 0 amide bonds. The van der Waals surface area contributed by atoms with Gasteiger partial charge in [-0.2, -0.15) is 0 Å². The van der Waals surface area contributed by atoms with Crippen molar-refractivity contribution >= 4 is 39.5 Å². The van der Waals surface area contributed by atoms with Gasteiger partial charge in [-0.25, -0.2) is 9.13 Å². The minimum absolute atomic E-state index is 0.0829. The van der Waals surface area contributed by atoms with Crippen LogP contribution in [0.1, 0.15) is 362 Å². The molecule has 0 bridgehead atoms. The molecule has 5 atom stereocenters. The van der Waals surface area contributed by atoms with E-state index in [-0.39, 0.29) is 25.7 Å². The lowest BCUT2D eigenvalue weighted by molar-refractivity contribution is -0.161. The highest BCUT2D eigenvalue weighted by Crippen LogP contribution is 2.45. The fourth-order valence-corrected chi connectivity index (χ4v) is 12.8. The number of phosphoric ester groups is 2. The van der Waals surface area contributed by atoms with Gasteiger partial charge in [0.05, 0.1) is 26.4 Å². The van der Waals surface area contributed by atoms with E-state index >= 15 is 0 Å². The number of phosphoric acid groups is 2. The maximum Gasteiger partial charge on any atom is 0.472 e. The molecule has 602 valence electrons. The van der Waals surface area contributed by atoms with Gasteiger partial charge in [-0.3, -0.25) is 37.3 Å². The highest BCUT2D eigenvalue weighted by molar-refractivity contribution is 7.47. The first-order chi connectivity index (χ1) is 50.7. The van der Waals surface area contributed by atoms with Gasteiger partial charge in [0.25, 0.3) is 0 Å². The molecule has 3 N–H and O–H groups in total. The van der Waals surface area contributed by atoms with E-state index in [0.29, 0.717) is 25.7 Å². The smallest absolute Gasteiger partial charge is 0.462 e. The van der Waals surface area contributed by atoms with Crippen LogP contribution in [0, 0.1) is 0 Å². The standard InChI is InChI=1S/C85H150O17P2/c1-5-9-13-17-21-25-29-33-36-38-39-41-44-47-50-54-58-62-66-70-83(88)96-76-81(102-85(90)72-68-64-60-56-52-48-42-35-31-27-23-19-15-11-7-3)78-100-104(93,94)98-74-79(86)73-97-103(91,92)99-77-80(101-84(89)71-67-63-59-55-51-45-32-28-24-20-16-12-8-4)75-95-82(87)69-65-61-57-53-49-46-43-40-37-34-30-26-22-18-14-10-6-2/h10,14,21-22,25-26,28,32-37,39,41-42,79-81,86H,5-9,11-13,15-20,23-24,27,29-31,38,40,43-78H2,1-4H3,(H,91,92)(H,93,94)/b14-10-,25-21-,26-22-,32-28-,36-33-,37-34-,41-39-,42-35-. The second-order valence-electron chi connectivity index (χ2n) is 27.7. The topological polar surface area (TPSA) is 237 Å². The first-order valence-electron chi connectivity index (χ1n) is 41.5. The number of esters is 4. The molecular formula is C85H150O17P2. The van der Waals surface area contributed by atoms with Crippen molar-refractivity contribution in [3.63, 3.8) is 0 Å². The molecule has 0 aromatic carbocycles. The zero-order valence-corrected chi connectivity index (χ0v) is 67.7. The van der Waals surface area contributed by atoms with Crippen LogP contribution in [0.15, 0.2) is 97.2 Å². The maximum absolute atomic E-state index is 13.1. The van der Waals surface area contributed by atoms with Crippen LogP contribution in [-0.4, -0.2) is 96.7 Å². The SMILES string of the molecule is CC/C=C\C/C=C\C/C=C\CCCCCCCCCC(=O)OCC(COP(=O)(O)OCC(O)COP(=O)(O)OCC(COC(=O)CCCCCCCC/C=C\C/C=C\C/C=C\CCCCC)OC(=O)CCCCCCC/C=C\CCCCCCCC)OC(=O)CCCCCCC/C=C\CCCCCC. The third kappa shape index (κ3) is 76.2. The normalized spacial score (nSPS) is 14.3. The predicted molar refractivity (Wildman–Crippen MR) is 427 cm³/mol. The van der Waals surface area contributed by atoms with Crippen molar-refractivity contribution in [2.75, 3.05) is 39.6 Å². The summed E-state index contributed by atoms with van der Waals surface area (Å²) in [4.78, 5) is 73.1. The van der Waals surface area contributed by atoms with Crippen molar-refractivity contribution in [3.05, 3.63) is 97.2 Å². The van der Waals surface area contributed by atoms with E-state index in [1.165, 1.54) is 83.5 Å². The molecule has 0 fully saturated rings. The molecule has 0 spiro atoms. The van der Waals surface area contributed by atoms with Gasteiger partial charge >= 0.3 is 39.5 Å². The van der Waals surface area contributed by atoms with Crippen LogP contribution in [0.25, 0.3) is 0 Å². The average Bonchev–Trinajstić information content (AvgIpc) is 0.918. The first-order valence-corrected chi connectivity index (χ1v) is 44.5. The highest BCUT2D eigenvalue weighted by Gasteiger charge is 2.30. The number of hydrogen-bond donors (Lipinski definition) is 3. The number of hydrogen-bond acceptors (Lipinski definition) is 15. The van der Waals surface area contributed by atoms with Gasteiger partial charge < -0.3 is 33.8 Å². The average molecular weight is 1510 g/mol. The van der Waals surface area contributed by atoms with Crippen molar-refractivity contribution < 1.29 is 80.2 Å². The number of carbonyl (C=O) groups excluding carboxylic acids is 4. The number of aliphatic hydroxyl groups is 1. The monoisotopic (exact) mass is 1510 g/mol. The van der Waals surface area contributed by atoms with Crippen molar-refractivity contribution in [1.29, 1.82) is 0 Å². The largest absolute Gasteiger partial charge is 0.472 e. The molecule has 104 heavy (non-hydrogen) atoms. The zero-order valence-electron chi connectivity index (χ0n) is 65.9. The zero-order chi connectivity index (χ0) is 76.0. The quantitative estimate of drug-likeness (QED) is 0.0169. The van der Waals surface area contributed by atoms with Crippen LogP contribution in [0.2, 0.25) is 0 Å². The second-order valence-corrected chi connectivity index (χ2v) is 30.6. The van der Waals surface area contributed by atoms with Crippen LogP contribution in [0.3, 0.4) is 0 Å². The minimum Gasteiger partial charge on any atom is -0.462 e. The summed E-state index contributed by atoms with van der Waals surface area (Å²) in [5.41, 5.74) is 0. The summed E-state index contributed by atoms with van der Waals surface area (Å²) in [6, 6.07) is 0. The summed E-state index contributed by atoms with van der Waals surface area (Å²) in [5.74, 6) is -2.20. The van der Waals surface area contributed by atoms with E-state index in [9.17, 15) is 43.2 Å². The van der Waals surface area contributed by atoms with E-state index in [4.69, 9.17) is 37.0 Å². The molecule has 0 aromatic rings. The summed E-state index contributed by atoms with van der Waals surface area (Å²) < 4.78 is 68.7. The summed E-state index contributed by atoms with van der Waals surface area (Å²) in [6.45, 7) is 4.73. The molecule has 0 rings (SSSR count). The van der Waals surface area contributed by atoms with Crippen LogP contribution in [0.4, 0.5) is 0 Å². The Bertz CT molecular complexity index is 2350. The van der Waals surface area contributed by atoms with Gasteiger partial charge in [-0.15, -0.1) is 0 Å². The van der Waals surface area contributed by atoms with Crippen LogP contribution >= 0.6 is 15.6 Å². The van der Waals surface area contributed by atoms with Gasteiger partial charge in [0.1, 0.15) is 19.3 Å². The summed E-state index contributed by atoms with van der Waals surface area (Å²) >= 11 is 0. The molecule has 0 saturated heterocycles. The van der Waals surface area contributed by atoms with Crippen molar-refractivity contribution in [2.24, 2.45) is 0 Å². The Morgan fingerprint density at radius 3 is 0.808 bits per heavy atom.